The van der Waals surface area contributed by atoms with Crippen molar-refractivity contribution in [1.29, 1.82) is 0 Å². The summed E-state index contributed by atoms with van der Waals surface area (Å²) in [6.45, 7) is 2.31. The molecule has 4 rings (SSSR count). The highest BCUT2D eigenvalue weighted by atomic mass is 32.2. The summed E-state index contributed by atoms with van der Waals surface area (Å²) < 4.78 is 44.9. The van der Waals surface area contributed by atoms with Crippen LogP contribution in [0.15, 0.2) is 23.1 Å². The van der Waals surface area contributed by atoms with Gasteiger partial charge in [-0.3, -0.25) is 4.79 Å². The first-order chi connectivity index (χ1) is 13.9. The predicted octanol–water partition coefficient (Wildman–Crippen LogP) is 1.54. The van der Waals surface area contributed by atoms with E-state index in [9.17, 15) is 13.2 Å². The number of ether oxygens (including phenoxy) is 3. The number of nitrogens with zero attached hydrogens (tertiary/aromatic N) is 1. The minimum Gasteiger partial charge on any atom is -0.486 e. The van der Waals surface area contributed by atoms with Crippen LogP contribution in [-0.2, 0) is 19.6 Å². The Hall–Kier alpha value is -1.84. The first-order valence-electron chi connectivity index (χ1n) is 10.2. The molecule has 2 fully saturated rings. The number of rotatable bonds is 4. The lowest BCUT2D eigenvalue weighted by atomic mass is 9.78. The van der Waals surface area contributed by atoms with E-state index >= 15 is 0 Å². The number of carbonyl (C=O) groups excluding carboxylic acids is 1. The standard InChI is InChI=1S/C20H28N2O6S/c1-21-19(23)12-15-4-9-28-20(14-15)5-7-22(8-6-20)29(24,25)16-2-3-17-18(13-16)27-11-10-26-17/h2-3,13,15H,4-12,14H2,1H3,(H,21,23). The molecule has 2 saturated heterocycles. The lowest BCUT2D eigenvalue weighted by Crippen LogP contribution is -2.51. The Morgan fingerprint density at radius 1 is 1.17 bits per heavy atom. The fourth-order valence-corrected chi connectivity index (χ4v) is 5.94. The van der Waals surface area contributed by atoms with Crippen LogP contribution < -0.4 is 14.8 Å². The predicted molar refractivity (Wildman–Crippen MR) is 106 cm³/mol. The zero-order valence-corrected chi connectivity index (χ0v) is 17.5. The average Bonchev–Trinajstić information content (AvgIpc) is 2.73. The molecular weight excluding hydrogens is 396 g/mol. The molecule has 9 heteroatoms. The Morgan fingerprint density at radius 2 is 1.90 bits per heavy atom. The van der Waals surface area contributed by atoms with Gasteiger partial charge in [0.1, 0.15) is 13.2 Å². The van der Waals surface area contributed by atoms with Crippen molar-refractivity contribution in [3.05, 3.63) is 18.2 Å². The van der Waals surface area contributed by atoms with E-state index in [1.807, 2.05) is 0 Å². The SMILES string of the molecule is CNC(=O)CC1CCOC2(CCN(S(=O)(=O)c3ccc4c(c3)OCCO4)CC2)C1. The molecule has 1 unspecified atom stereocenters. The zero-order chi connectivity index (χ0) is 20.5. The van der Waals surface area contributed by atoms with Crippen molar-refractivity contribution in [1.82, 2.24) is 9.62 Å². The summed E-state index contributed by atoms with van der Waals surface area (Å²) in [5.74, 6) is 1.37. The van der Waals surface area contributed by atoms with E-state index in [2.05, 4.69) is 5.32 Å². The molecule has 29 heavy (non-hydrogen) atoms. The van der Waals surface area contributed by atoms with Gasteiger partial charge in [-0.1, -0.05) is 0 Å². The number of nitrogens with one attached hydrogen (secondary N) is 1. The van der Waals surface area contributed by atoms with Gasteiger partial charge in [-0.15, -0.1) is 0 Å². The van der Waals surface area contributed by atoms with Crippen molar-refractivity contribution in [2.45, 2.75) is 42.6 Å². The molecule has 1 N–H and O–H groups in total. The summed E-state index contributed by atoms with van der Waals surface area (Å²) in [5.41, 5.74) is -0.324. The highest BCUT2D eigenvalue weighted by Gasteiger charge is 2.43. The number of carbonyl (C=O) groups is 1. The fraction of sp³-hybridized carbons (Fsp3) is 0.650. The Morgan fingerprint density at radius 3 is 2.62 bits per heavy atom. The molecule has 0 aromatic heterocycles. The minimum absolute atomic E-state index is 0.0469. The quantitative estimate of drug-likeness (QED) is 0.788. The Bertz CT molecular complexity index is 864. The van der Waals surface area contributed by atoms with Gasteiger partial charge < -0.3 is 19.5 Å². The van der Waals surface area contributed by atoms with Crippen molar-refractivity contribution < 1.29 is 27.4 Å². The Kier molecular flexibility index (Phi) is 5.72. The van der Waals surface area contributed by atoms with Crippen molar-refractivity contribution in [2.75, 3.05) is 40.0 Å². The molecule has 1 aromatic carbocycles. The second-order valence-electron chi connectivity index (χ2n) is 7.98. The number of fused-ring (bicyclic) bond motifs is 1. The van der Waals surface area contributed by atoms with Crippen LogP contribution in [0.1, 0.15) is 32.1 Å². The third kappa shape index (κ3) is 4.22. The second kappa shape index (κ2) is 8.12. The van der Waals surface area contributed by atoms with Crippen LogP contribution in [0.4, 0.5) is 0 Å². The summed E-state index contributed by atoms with van der Waals surface area (Å²) in [4.78, 5) is 12.0. The van der Waals surface area contributed by atoms with E-state index in [1.54, 1.807) is 25.2 Å². The van der Waals surface area contributed by atoms with E-state index in [0.717, 1.165) is 12.8 Å². The third-order valence-electron chi connectivity index (χ3n) is 6.13. The van der Waals surface area contributed by atoms with Gasteiger partial charge in [0.25, 0.3) is 0 Å². The monoisotopic (exact) mass is 424 g/mol. The fourth-order valence-electron chi connectivity index (χ4n) is 4.48. The normalized spacial score (nSPS) is 24.2. The maximum Gasteiger partial charge on any atom is 0.243 e. The van der Waals surface area contributed by atoms with E-state index in [1.165, 1.54) is 4.31 Å². The van der Waals surface area contributed by atoms with Gasteiger partial charge in [0.05, 0.1) is 10.5 Å². The van der Waals surface area contributed by atoms with E-state index in [4.69, 9.17) is 14.2 Å². The first kappa shape index (κ1) is 20.4. The number of sulfonamides is 1. The van der Waals surface area contributed by atoms with Gasteiger partial charge in [0.15, 0.2) is 11.5 Å². The topological polar surface area (TPSA) is 94.2 Å². The van der Waals surface area contributed by atoms with Crippen LogP contribution in [0.3, 0.4) is 0 Å². The molecule has 0 bridgehead atoms. The number of hydrogen-bond acceptors (Lipinski definition) is 6. The molecule has 3 heterocycles. The van der Waals surface area contributed by atoms with Crippen LogP contribution in [0.25, 0.3) is 0 Å². The lowest BCUT2D eigenvalue weighted by Gasteiger charge is -2.45. The molecule has 1 spiro atoms. The van der Waals surface area contributed by atoms with Crippen LogP contribution in [-0.4, -0.2) is 64.2 Å². The number of piperidine rings is 1. The molecule has 3 aliphatic rings. The average molecular weight is 425 g/mol. The van der Waals surface area contributed by atoms with Crippen LogP contribution in [0.2, 0.25) is 0 Å². The summed E-state index contributed by atoms with van der Waals surface area (Å²) >= 11 is 0. The van der Waals surface area contributed by atoms with Crippen molar-refractivity contribution in [3.63, 3.8) is 0 Å². The summed E-state index contributed by atoms with van der Waals surface area (Å²) in [7, 11) is -1.96. The zero-order valence-electron chi connectivity index (χ0n) is 16.7. The summed E-state index contributed by atoms with van der Waals surface area (Å²) in [6, 6.07) is 4.77. The van der Waals surface area contributed by atoms with Gasteiger partial charge in [-0.05, 0) is 43.7 Å². The van der Waals surface area contributed by atoms with Crippen molar-refractivity contribution >= 4 is 15.9 Å². The second-order valence-corrected chi connectivity index (χ2v) is 9.92. The van der Waals surface area contributed by atoms with E-state index in [0.29, 0.717) is 63.7 Å². The molecule has 0 aliphatic carbocycles. The van der Waals surface area contributed by atoms with Crippen LogP contribution in [0, 0.1) is 5.92 Å². The molecule has 1 amide bonds. The minimum atomic E-state index is -3.61. The molecule has 1 atom stereocenters. The van der Waals surface area contributed by atoms with Gasteiger partial charge in [-0.25, -0.2) is 8.42 Å². The number of hydrogen-bond donors (Lipinski definition) is 1. The van der Waals surface area contributed by atoms with Crippen molar-refractivity contribution in [2.24, 2.45) is 5.92 Å². The first-order valence-corrected chi connectivity index (χ1v) is 11.6. The molecule has 0 saturated carbocycles. The van der Waals surface area contributed by atoms with Crippen molar-refractivity contribution in [3.8, 4) is 11.5 Å². The molecule has 8 nitrogen and oxygen atoms in total. The molecule has 3 aliphatic heterocycles. The molecule has 160 valence electrons. The van der Waals surface area contributed by atoms with E-state index < -0.39 is 10.0 Å². The highest BCUT2D eigenvalue weighted by molar-refractivity contribution is 7.89. The largest absolute Gasteiger partial charge is 0.486 e. The lowest BCUT2D eigenvalue weighted by molar-refractivity contribution is -0.132. The number of amides is 1. The summed E-state index contributed by atoms with van der Waals surface area (Å²) in [5, 5.41) is 2.68. The van der Waals surface area contributed by atoms with Gasteiger partial charge in [-0.2, -0.15) is 4.31 Å². The third-order valence-corrected chi connectivity index (χ3v) is 8.03. The highest BCUT2D eigenvalue weighted by Crippen LogP contribution is 2.40. The van der Waals surface area contributed by atoms with Gasteiger partial charge >= 0.3 is 0 Å². The molecular formula is C20H28N2O6S. The molecule has 1 aromatic rings. The van der Waals surface area contributed by atoms with E-state index in [-0.39, 0.29) is 22.3 Å². The van der Waals surface area contributed by atoms with Gasteiger partial charge in [0, 0.05) is 39.2 Å². The van der Waals surface area contributed by atoms with Gasteiger partial charge in [0.2, 0.25) is 15.9 Å². The van der Waals surface area contributed by atoms with Crippen LogP contribution in [0.5, 0.6) is 11.5 Å². The maximum absolute atomic E-state index is 13.1. The number of benzene rings is 1. The molecule has 0 radical (unpaired) electrons. The summed E-state index contributed by atoms with van der Waals surface area (Å²) in [6.07, 6.45) is 3.45. The Balaban J connectivity index is 1.43. The Labute approximate surface area is 171 Å². The maximum atomic E-state index is 13.1. The van der Waals surface area contributed by atoms with Crippen LogP contribution >= 0.6 is 0 Å². The smallest absolute Gasteiger partial charge is 0.243 e.